The Morgan fingerprint density at radius 2 is 2.25 bits per heavy atom. The average Bonchev–Trinajstić information content (AvgIpc) is 1.94. The minimum absolute atomic E-state index is 0.112. The van der Waals surface area contributed by atoms with Gasteiger partial charge in [0.15, 0.2) is 0 Å². The van der Waals surface area contributed by atoms with Gasteiger partial charge in [-0.3, -0.25) is 4.79 Å². The minimum Gasteiger partial charge on any atom is -0.508 e. The van der Waals surface area contributed by atoms with E-state index in [4.69, 9.17) is 5.11 Å². The van der Waals surface area contributed by atoms with Crippen LogP contribution in [0.15, 0.2) is 22.7 Å². The Bertz CT molecular complexity index is 307. The van der Waals surface area contributed by atoms with Crippen LogP contribution in [0.1, 0.15) is 12.5 Å². The zero-order chi connectivity index (χ0) is 9.14. The van der Waals surface area contributed by atoms with Gasteiger partial charge in [-0.2, -0.15) is 0 Å². The van der Waals surface area contributed by atoms with E-state index in [9.17, 15) is 4.79 Å². The quantitative estimate of drug-likeness (QED) is 0.844. The van der Waals surface area contributed by atoms with Crippen molar-refractivity contribution in [1.29, 1.82) is 0 Å². The maximum atomic E-state index is 10.8. The molecule has 0 aliphatic rings. The maximum absolute atomic E-state index is 10.8. The number of Topliss-reactive ketones (excluding diaryl/α,β-unsaturated/α-hetero) is 1. The van der Waals surface area contributed by atoms with E-state index in [0.717, 1.165) is 10.0 Å². The summed E-state index contributed by atoms with van der Waals surface area (Å²) < 4.78 is 0.776. The second-order valence-electron chi connectivity index (χ2n) is 2.65. The summed E-state index contributed by atoms with van der Waals surface area (Å²) in [7, 11) is 0. The van der Waals surface area contributed by atoms with Crippen molar-refractivity contribution in [2.45, 2.75) is 13.3 Å². The third-order valence-corrected chi connectivity index (χ3v) is 2.21. The monoisotopic (exact) mass is 228 g/mol. The fraction of sp³-hybridized carbons (Fsp3) is 0.222. The molecular formula is C9H9BrO2. The Morgan fingerprint density at radius 3 is 2.75 bits per heavy atom. The van der Waals surface area contributed by atoms with E-state index < -0.39 is 0 Å². The van der Waals surface area contributed by atoms with E-state index in [2.05, 4.69) is 15.9 Å². The summed E-state index contributed by atoms with van der Waals surface area (Å²) in [4.78, 5) is 10.8. The molecule has 0 amide bonds. The van der Waals surface area contributed by atoms with Crippen LogP contribution in [0, 0.1) is 0 Å². The standard InChI is InChI=1S/C9H9BrO2/c1-6(11)4-7-2-3-8(12)5-9(7)10/h2-3,5,12H,4H2,1H3. The largest absolute Gasteiger partial charge is 0.508 e. The minimum atomic E-state index is 0.112. The highest BCUT2D eigenvalue weighted by Crippen LogP contribution is 2.22. The number of benzene rings is 1. The number of phenols is 1. The van der Waals surface area contributed by atoms with Crippen LogP contribution in [0.3, 0.4) is 0 Å². The molecule has 2 nitrogen and oxygen atoms in total. The predicted molar refractivity (Wildman–Crippen MR) is 50.2 cm³/mol. The van der Waals surface area contributed by atoms with Crippen LogP contribution in [0.5, 0.6) is 5.75 Å². The molecule has 0 atom stereocenters. The molecule has 0 saturated heterocycles. The van der Waals surface area contributed by atoms with Crippen LogP contribution in [0.25, 0.3) is 0 Å². The van der Waals surface area contributed by atoms with Crippen LogP contribution in [0.2, 0.25) is 0 Å². The molecule has 0 fully saturated rings. The Hall–Kier alpha value is -0.830. The molecule has 0 aliphatic heterocycles. The molecule has 1 aromatic rings. The zero-order valence-electron chi connectivity index (χ0n) is 6.67. The third-order valence-electron chi connectivity index (χ3n) is 1.48. The summed E-state index contributed by atoms with van der Waals surface area (Å²) in [6, 6.07) is 4.89. The van der Waals surface area contributed by atoms with Crippen LogP contribution < -0.4 is 0 Å². The van der Waals surface area contributed by atoms with Crippen LogP contribution in [0.4, 0.5) is 0 Å². The summed E-state index contributed by atoms with van der Waals surface area (Å²) in [5.41, 5.74) is 0.903. The summed E-state index contributed by atoms with van der Waals surface area (Å²) in [5, 5.41) is 9.06. The van der Waals surface area contributed by atoms with E-state index in [1.54, 1.807) is 25.1 Å². The van der Waals surface area contributed by atoms with Gasteiger partial charge < -0.3 is 5.11 Å². The molecule has 1 N–H and O–H groups in total. The van der Waals surface area contributed by atoms with Gasteiger partial charge in [-0.1, -0.05) is 22.0 Å². The first-order valence-corrected chi connectivity index (χ1v) is 4.35. The highest BCUT2D eigenvalue weighted by atomic mass is 79.9. The van der Waals surface area contributed by atoms with E-state index in [-0.39, 0.29) is 11.5 Å². The van der Waals surface area contributed by atoms with Gasteiger partial charge in [0.25, 0.3) is 0 Å². The van der Waals surface area contributed by atoms with Crippen LogP contribution >= 0.6 is 15.9 Å². The number of hydrogen-bond acceptors (Lipinski definition) is 2. The first-order valence-electron chi connectivity index (χ1n) is 3.56. The van der Waals surface area contributed by atoms with Gasteiger partial charge in [0.05, 0.1) is 0 Å². The van der Waals surface area contributed by atoms with Gasteiger partial charge in [-0.25, -0.2) is 0 Å². The molecule has 0 heterocycles. The maximum Gasteiger partial charge on any atom is 0.134 e. The Balaban J connectivity index is 2.93. The molecule has 0 bridgehead atoms. The number of ketones is 1. The molecule has 0 unspecified atom stereocenters. The van der Waals surface area contributed by atoms with Crippen LogP contribution in [-0.4, -0.2) is 10.9 Å². The normalized spacial score (nSPS) is 9.83. The van der Waals surface area contributed by atoms with Crippen molar-refractivity contribution < 1.29 is 9.90 Å². The Labute approximate surface area is 79.3 Å². The summed E-state index contributed by atoms with van der Waals surface area (Å²) in [6.45, 7) is 1.54. The molecule has 1 rings (SSSR count). The molecule has 64 valence electrons. The van der Waals surface area contributed by atoms with Gasteiger partial charge >= 0.3 is 0 Å². The summed E-state index contributed by atoms with van der Waals surface area (Å²) in [5.74, 6) is 0.315. The lowest BCUT2D eigenvalue weighted by Crippen LogP contribution is -1.96. The number of aromatic hydroxyl groups is 1. The molecule has 1 aromatic carbocycles. The van der Waals surface area contributed by atoms with Crippen molar-refractivity contribution in [3.05, 3.63) is 28.2 Å². The topological polar surface area (TPSA) is 37.3 Å². The van der Waals surface area contributed by atoms with Crippen molar-refractivity contribution in [2.75, 3.05) is 0 Å². The second-order valence-corrected chi connectivity index (χ2v) is 3.51. The second kappa shape index (κ2) is 3.72. The van der Waals surface area contributed by atoms with Gasteiger partial charge in [0, 0.05) is 10.9 Å². The first-order chi connectivity index (χ1) is 5.59. The number of hydrogen-bond donors (Lipinski definition) is 1. The summed E-state index contributed by atoms with van der Waals surface area (Å²) in [6.07, 6.45) is 0.404. The molecule has 0 aliphatic carbocycles. The lowest BCUT2D eigenvalue weighted by molar-refractivity contribution is -0.116. The fourth-order valence-electron chi connectivity index (χ4n) is 0.948. The predicted octanol–water partition coefficient (Wildman–Crippen LogP) is 2.29. The number of rotatable bonds is 2. The van der Waals surface area contributed by atoms with Gasteiger partial charge in [-0.15, -0.1) is 0 Å². The third kappa shape index (κ3) is 2.34. The fourth-order valence-corrected chi connectivity index (χ4v) is 1.45. The van der Waals surface area contributed by atoms with E-state index in [1.165, 1.54) is 0 Å². The molecule has 0 radical (unpaired) electrons. The van der Waals surface area contributed by atoms with Crippen molar-refractivity contribution >= 4 is 21.7 Å². The lowest BCUT2D eigenvalue weighted by atomic mass is 10.1. The van der Waals surface area contributed by atoms with E-state index in [1.807, 2.05) is 0 Å². The molecule has 3 heteroatoms. The molecule has 0 spiro atoms. The van der Waals surface area contributed by atoms with Gasteiger partial charge in [-0.05, 0) is 24.6 Å². The molecule has 0 saturated carbocycles. The van der Waals surface area contributed by atoms with E-state index >= 15 is 0 Å². The number of carbonyl (C=O) groups is 1. The highest BCUT2D eigenvalue weighted by Gasteiger charge is 2.02. The molecular weight excluding hydrogens is 220 g/mol. The number of carbonyl (C=O) groups excluding carboxylic acids is 1. The first kappa shape index (κ1) is 9.26. The SMILES string of the molecule is CC(=O)Cc1ccc(O)cc1Br. The average molecular weight is 229 g/mol. The highest BCUT2D eigenvalue weighted by molar-refractivity contribution is 9.10. The van der Waals surface area contributed by atoms with Crippen molar-refractivity contribution in [2.24, 2.45) is 0 Å². The van der Waals surface area contributed by atoms with Crippen LogP contribution in [-0.2, 0) is 11.2 Å². The van der Waals surface area contributed by atoms with E-state index in [0.29, 0.717) is 6.42 Å². The molecule has 0 aromatic heterocycles. The van der Waals surface area contributed by atoms with Gasteiger partial charge in [0.1, 0.15) is 11.5 Å². The Kier molecular flexibility index (Phi) is 2.87. The van der Waals surface area contributed by atoms with Crippen molar-refractivity contribution in [3.63, 3.8) is 0 Å². The van der Waals surface area contributed by atoms with Crippen molar-refractivity contribution in [3.8, 4) is 5.75 Å². The Morgan fingerprint density at radius 1 is 1.58 bits per heavy atom. The summed E-state index contributed by atoms with van der Waals surface area (Å²) >= 11 is 3.26. The zero-order valence-corrected chi connectivity index (χ0v) is 8.26. The molecule has 12 heavy (non-hydrogen) atoms. The van der Waals surface area contributed by atoms with Gasteiger partial charge in [0.2, 0.25) is 0 Å². The van der Waals surface area contributed by atoms with Crippen molar-refractivity contribution in [1.82, 2.24) is 0 Å². The number of phenolic OH excluding ortho intramolecular Hbond substituents is 1. The number of halogens is 1. The lowest BCUT2D eigenvalue weighted by Gasteiger charge is -2.01. The smallest absolute Gasteiger partial charge is 0.134 e.